The van der Waals surface area contributed by atoms with Gasteiger partial charge < -0.3 is 14.5 Å². The van der Waals surface area contributed by atoms with Crippen molar-refractivity contribution >= 4 is 41.2 Å². The molecule has 2 heterocycles. The molecule has 0 saturated carbocycles. The van der Waals surface area contributed by atoms with Crippen LogP contribution in [0.1, 0.15) is 38.4 Å². The van der Waals surface area contributed by atoms with Crippen LogP contribution in [-0.2, 0) is 6.42 Å². The predicted molar refractivity (Wildman–Crippen MR) is 105 cm³/mol. The van der Waals surface area contributed by atoms with Crippen LogP contribution in [0.3, 0.4) is 0 Å². The number of nitrogens with one attached hydrogen (secondary N) is 1. The van der Waals surface area contributed by atoms with E-state index < -0.39 is 0 Å². The average molecular weight is 388 g/mol. The third-order valence-electron chi connectivity index (χ3n) is 4.01. The fourth-order valence-corrected chi connectivity index (χ4v) is 3.99. The van der Waals surface area contributed by atoms with Crippen molar-refractivity contribution in [3.05, 3.63) is 22.8 Å². The molecule has 0 bridgehead atoms. The van der Waals surface area contributed by atoms with Gasteiger partial charge in [0.15, 0.2) is 0 Å². The fraction of sp³-hybridized carbons (Fsp3) is 0.688. The lowest BCUT2D eigenvalue weighted by Crippen LogP contribution is -2.33. The van der Waals surface area contributed by atoms with Crippen LogP contribution in [0.15, 0.2) is 16.7 Å². The highest BCUT2D eigenvalue weighted by Crippen LogP contribution is 2.22. The van der Waals surface area contributed by atoms with Crippen LogP contribution in [0.5, 0.6) is 0 Å². The number of aryl methyl sites for hydroxylation is 1. The van der Waals surface area contributed by atoms with Crippen molar-refractivity contribution in [1.29, 1.82) is 0 Å². The predicted octanol–water partition coefficient (Wildman–Crippen LogP) is 3.52. The van der Waals surface area contributed by atoms with Crippen LogP contribution in [0, 0.1) is 4.84 Å². The standard InChI is InChI=1S/C16H25N3O2S3/c1-2-13(20)7-5-12-6-8-15(22)19(12)9-11-24-10-3-4-14-17-16(23)21-18-14/h5,7,12-13,20H,2-4,6,8-11H2,1H3,(H,17,18,23)/b7-5+/t12-,13-/m0/s1. The van der Waals surface area contributed by atoms with Gasteiger partial charge in [-0.05, 0) is 37.2 Å². The summed E-state index contributed by atoms with van der Waals surface area (Å²) in [5.74, 6) is 2.94. The summed E-state index contributed by atoms with van der Waals surface area (Å²) in [4.78, 5) is 6.62. The molecule has 1 aliphatic rings. The summed E-state index contributed by atoms with van der Waals surface area (Å²) in [6.45, 7) is 2.95. The first-order chi connectivity index (χ1) is 11.6. The molecule has 1 aliphatic heterocycles. The Hall–Kier alpha value is -0.700. The number of likely N-dealkylation sites (tertiary alicyclic amines) is 1. The number of H-pyrrole nitrogens is 1. The third-order valence-corrected chi connectivity index (χ3v) is 5.68. The summed E-state index contributed by atoms with van der Waals surface area (Å²) in [5.41, 5.74) is 0. The highest BCUT2D eigenvalue weighted by Gasteiger charge is 2.25. The topological polar surface area (TPSA) is 65.3 Å². The van der Waals surface area contributed by atoms with Crippen LogP contribution in [0.25, 0.3) is 0 Å². The second-order valence-electron chi connectivity index (χ2n) is 5.81. The molecule has 2 rings (SSSR count). The molecule has 0 unspecified atom stereocenters. The van der Waals surface area contributed by atoms with Gasteiger partial charge in [-0.25, -0.2) is 0 Å². The number of hydrogen-bond acceptors (Lipinski definition) is 6. The van der Waals surface area contributed by atoms with Crippen LogP contribution in [-0.4, -0.2) is 55.3 Å². The van der Waals surface area contributed by atoms with Gasteiger partial charge in [-0.3, -0.25) is 4.98 Å². The number of aliphatic hydroxyl groups excluding tert-OH is 1. The summed E-state index contributed by atoms with van der Waals surface area (Å²) in [5, 5.41) is 13.5. The van der Waals surface area contributed by atoms with Gasteiger partial charge in [0.25, 0.3) is 4.84 Å². The van der Waals surface area contributed by atoms with Gasteiger partial charge in [0.05, 0.1) is 11.1 Å². The molecule has 1 aromatic rings. The summed E-state index contributed by atoms with van der Waals surface area (Å²) in [6, 6.07) is 0.342. The zero-order chi connectivity index (χ0) is 17.4. The lowest BCUT2D eigenvalue weighted by molar-refractivity contribution is 0.218. The van der Waals surface area contributed by atoms with E-state index in [-0.39, 0.29) is 6.10 Å². The van der Waals surface area contributed by atoms with Crippen LogP contribution in [0.4, 0.5) is 0 Å². The molecule has 1 aromatic heterocycles. The Labute approximate surface area is 157 Å². The molecular weight excluding hydrogens is 362 g/mol. The van der Waals surface area contributed by atoms with E-state index in [2.05, 4.69) is 21.1 Å². The maximum Gasteiger partial charge on any atom is 0.294 e. The van der Waals surface area contributed by atoms with Crippen molar-refractivity contribution in [3.8, 4) is 0 Å². The zero-order valence-corrected chi connectivity index (χ0v) is 16.4. The second-order valence-corrected chi connectivity index (χ2v) is 7.88. The first-order valence-corrected chi connectivity index (χ1v) is 10.4. The second kappa shape index (κ2) is 10.3. The monoisotopic (exact) mass is 387 g/mol. The highest BCUT2D eigenvalue weighted by atomic mass is 32.2. The van der Waals surface area contributed by atoms with E-state index in [0.717, 1.165) is 61.0 Å². The fourth-order valence-electron chi connectivity index (χ4n) is 2.61. The summed E-state index contributed by atoms with van der Waals surface area (Å²) in [6.07, 6.45) is 8.35. The summed E-state index contributed by atoms with van der Waals surface area (Å²) in [7, 11) is 0. The molecule has 134 valence electrons. The largest absolute Gasteiger partial charge is 0.389 e. The van der Waals surface area contributed by atoms with Crippen molar-refractivity contribution in [2.75, 3.05) is 18.1 Å². The molecular formula is C16H25N3O2S3. The Kier molecular flexibility index (Phi) is 8.44. The van der Waals surface area contributed by atoms with Crippen LogP contribution < -0.4 is 0 Å². The van der Waals surface area contributed by atoms with Crippen molar-refractivity contribution in [2.24, 2.45) is 0 Å². The van der Waals surface area contributed by atoms with E-state index in [1.54, 1.807) is 0 Å². The van der Waals surface area contributed by atoms with Gasteiger partial charge in [0.1, 0.15) is 5.82 Å². The highest BCUT2D eigenvalue weighted by molar-refractivity contribution is 7.99. The van der Waals surface area contributed by atoms with Crippen molar-refractivity contribution < 1.29 is 9.63 Å². The Morgan fingerprint density at radius 1 is 1.50 bits per heavy atom. The number of nitrogens with zero attached hydrogens (tertiary/aromatic N) is 2. The van der Waals surface area contributed by atoms with E-state index in [1.807, 2.05) is 24.8 Å². The Morgan fingerprint density at radius 3 is 3.04 bits per heavy atom. The van der Waals surface area contributed by atoms with Crippen LogP contribution >= 0.6 is 36.2 Å². The minimum absolute atomic E-state index is 0.340. The van der Waals surface area contributed by atoms with E-state index >= 15 is 0 Å². The number of rotatable bonds is 10. The maximum absolute atomic E-state index is 9.68. The molecule has 1 fully saturated rings. The van der Waals surface area contributed by atoms with Gasteiger partial charge in [-0.2, -0.15) is 11.8 Å². The number of aromatic nitrogens is 2. The smallest absolute Gasteiger partial charge is 0.294 e. The van der Waals surface area contributed by atoms with E-state index in [9.17, 15) is 5.11 Å². The first-order valence-electron chi connectivity index (χ1n) is 8.38. The minimum Gasteiger partial charge on any atom is -0.389 e. The van der Waals surface area contributed by atoms with Crippen molar-refractivity contribution in [2.45, 2.75) is 51.2 Å². The van der Waals surface area contributed by atoms with Gasteiger partial charge in [0.2, 0.25) is 0 Å². The van der Waals surface area contributed by atoms with Crippen molar-refractivity contribution in [3.63, 3.8) is 0 Å². The van der Waals surface area contributed by atoms with E-state index in [4.69, 9.17) is 29.0 Å². The molecule has 5 nitrogen and oxygen atoms in total. The van der Waals surface area contributed by atoms with Gasteiger partial charge in [0, 0.05) is 31.2 Å². The number of aromatic amines is 1. The third kappa shape index (κ3) is 6.31. The van der Waals surface area contributed by atoms with Gasteiger partial charge in [-0.15, -0.1) is 0 Å². The maximum atomic E-state index is 9.68. The first kappa shape index (κ1) is 19.6. The number of thiocarbonyl (C=S) groups is 1. The van der Waals surface area contributed by atoms with Crippen LogP contribution in [0.2, 0.25) is 0 Å². The van der Waals surface area contributed by atoms with Gasteiger partial charge >= 0.3 is 0 Å². The molecule has 8 heteroatoms. The quantitative estimate of drug-likeness (QED) is 0.362. The molecule has 2 N–H and O–H groups in total. The Bertz CT molecular complexity index is 599. The number of aliphatic hydroxyl groups is 1. The zero-order valence-electron chi connectivity index (χ0n) is 13.9. The Morgan fingerprint density at radius 2 is 2.33 bits per heavy atom. The normalized spacial score (nSPS) is 19.5. The number of hydrogen-bond donors (Lipinski definition) is 2. The summed E-state index contributed by atoms with van der Waals surface area (Å²) < 4.78 is 4.84. The molecule has 24 heavy (non-hydrogen) atoms. The number of thioether (sulfide) groups is 1. The molecule has 0 aliphatic carbocycles. The molecule has 0 aromatic carbocycles. The molecule has 1 saturated heterocycles. The van der Waals surface area contributed by atoms with Gasteiger partial charge in [-0.1, -0.05) is 36.5 Å². The molecule has 2 atom stereocenters. The SMILES string of the molecule is CC[C@H](O)/C=C/[C@H]1CCC(=S)N1CCSCCCc1noc(=S)[nH]1. The lowest BCUT2D eigenvalue weighted by Gasteiger charge is -2.24. The van der Waals surface area contributed by atoms with E-state index in [1.165, 1.54) is 0 Å². The Balaban J connectivity index is 1.65. The van der Waals surface area contributed by atoms with E-state index in [0.29, 0.717) is 10.9 Å². The minimum atomic E-state index is -0.348. The summed E-state index contributed by atoms with van der Waals surface area (Å²) >= 11 is 12.3. The molecule has 0 amide bonds. The average Bonchev–Trinajstić information content (AvgIpc) is 3.14. The molecule has 0 spiro atoms. The van der Waals surface area contributed by atoms with Crippen molar-refractivity contribution in [1.82, 2.24) is 15.0 Å². The molecule has 0 radical (unpaired) electrons. The lowest BCUT2D eigenvalue weighted by atomic mass is 10.1.